The predicted octanol–water partition coefficient (Wildman–Crippen LogP) is 1.64. The molecule has 0 aromatic heterocycles. The van der Waals surface area contributed by atoms with Gasteiger partial charge in [-0.1, -0.05) is 30.3 Å². The van der Waals surface area contributed by atoms with Gasteiger partial charge in [0.05, 0.1) is 11.6 Å². The van der Waals surface area contributed by atoms with E-state index in [1.54, 1.807) is 20.2 Å². The van der Waals surface area contributed by atoms with E-state index in [0.29, 0.717) is 11.1 Å². The fourth-order valence-electron chi connectivity index (χ4n) is 6.63. The van der Waals surface area contributed by atoms with Crippen LogP contribution in [0.5, 0.6) is 5.75 Å². The molecule has 4 atom stereocenters. The first-order valence-corrected chi connectivity index (χ1v) is 13.8. The fourth-order valence-corrected chi connectivity index (χ4v) is 6.72. The van der Waals surface area contributed by atoms with Crippen LogP contribution in [0, 0.1) is 11.8 Å². The van der Waals surface area contributed by atoms with Gasteiger partial charge in [0.1, 0.15) is 28.7 Å². The second-order valence-electron chi connectivity index (χ2n) is 11.0. The Morgan fingerprint density at radius 2 is 1.81 bits per heavy atom. The van der Waals surface area contributed by atoms with E-state index in [1.165, 1.54) is 4.90 Å². The highest BCUT2D eigenvalue weighted by Crippen LogP contribution is 2.53. The van der Waals surface area contributed by atoms with E-state index >= 15 is 0 Å². The molecule has 0 bridgehead atoms. The maximum Gasteiger partial charge on any atom is 0.255 e. The molecule has 11 nitrogen and oxygen atoms in total. The van der Waals surface area contributed by atoms with Crippen molar-refractivity contribution >= 4 is 35.0 Å². The molecule has 2 aromatic rings. The number of likely N-dealkylation sites (N-methyl/N-ethyl adjacent to an activating group) is 1. The van der Waals surface area contributed by atoms with Gasteiger partial charge in [0.15, 0.2) is 11.4 Å². The average molecular weight is 596 g/mol. The third-order valence-corrected chi connectivity index (χ3v) is 8.73. The SMILES string of the molecule is CN(C)[C@@H]1C(O)=C(C(N)=O)C(=O)[C@@]2(O)C(O)=C3C(=O)c4c(O)c(CNC(=O)CCl)cc(-c5ccccc5)c4C[C@H]3C[C@H]12. The first kappa shape index (κ1) is 29.3. The third kappa shape index (κ3) is 4.27. The van der Waals surface area contributed by atoms with E-state index in [0.717, 1.165) is 5.56 Å². The van der Waals surface area contributed by atoms with Gasteiger partial charge in [-0.25, -0.2) is 0 Å². The molecule has 7 N–H and O–H groups in total. The second-order valence-corrected chi connectivity index (χ2v) is 11.3. The zero-order valence-corrected chi connectivity index (χ0v) is 23.6. The molecule has 12 heteroatoms. The van der Waals surface area contributed by atoms with Gasteiger partial charge in [-0.15, -0.1) is 11.6 Å². The molecule has 0 fully saturated rings. The number of halogens is 1. The largest absolute Gasteiger partial charge is 0.510 e. The summed E-state index contributed by atoms with van der Waals surface area (Å²) in [6.07, 6.45) is 0.120. The van der Waals surface area contributed by atoms with E-state index in [-0.39, 0.29) is 42.0 Å². The van der Waals surface area contributed by atoms with Gasteiger partial charge in [-0.05, 0) is 55.6 Å². The second kappa shape index (κ2) is 10.6. The van der Waals surface area contributed by atoms with Crippen LogP contribution in [0.15, 0.2) is 59.1 Å². The molecular formula is C30H30ClN3O8. The number of nitrogens with one attached hydrogen (secondary N) is 1. The van der Waals surface area contributed by atoms with Crippen molar-refractivity contribution < 1.29 is 39.6 Å². The van der Waals surface area contributed by atoms with Crippen LogP contribution in [0.25, 0.3) is 11.1 Å². The summed E-state index contributed by atoms with van der Waals surface area (Å²) >= 11 is 5.60. The lowest BCUT2D eigenvalue weighted by Gasteiger charge is -2.50. The van der Waals surface area contributed by atoms with Gasteiger partial charge in [0.25, 0.3) is 5.91 Å². The summed E-state index contributed by atoms with van der Waals surface area (Å²) in [7, 11) is 3.15. The molecule has 2 aromatic carbocycles. The summed E-state index contributed by atoms with van der Waals surface area (Å²) in [6.45, 7) is -0.146. The molecule has 3 aliphatic carbocycles. The van der Waals surface area contributed by atoms with Crippen molar-refractivity contribution in [1.82, 2.24) is 10.2 Å². The molecule has 0 radical (unpaired) electrons. The number of nitrogens with zero attached hydrogens (tertiary/aromatic N) is 1. The number of aromatic hydroxyl groups is 1. The first-order valence-electron chi connectivity index (χ1n) is 13.2. The number of carbonyl (C=O) groups excluding carboxylic acids is 4. The van der Waals surface area contributed by atoms with Crippen molar-refractivity contribution in [2.24, 2.45) is 17.6 Å². The number of phenols is 1. The van der Waals surface area contributed by atoms with Crippen molar-refractivity contribution in [3.8, 4) is 16.9 Å². The Labute approximate surface area is 245 Å². The number of aliphatic hydroxyl groups excluding tert-OH is 2. The highest BCUT2D eigenvalue weighted by Gasteiger charge is 2.63. The maximum absolute atomic E-state index is 14.2. The van der Waals surface area contributed by atoms with Gasteiger partial charge in [0.2, 0.25) is 11.7 Å². The third-order valence-electron chi connectivity index (χ3n) is 8.48. The van der Waals surface area contributed by atoms with Gasteiger partial charge in [-0.2, -0.15) is 0 Å². The summed E-state index contributed by atoms with van der Waals surface area (Å²) in [4.78, 5) is 53.2. The lowest BCUT2D eigenvalue weighted by atomic mass is 9.58. The lowest BCUT2D eigenvalue weighted by molar-refractivity contribution is -0.148. The van der Waals surface area contributed by atoms with Crippen molar-refractivity contribution in [2.45, 2.75) is 31.0 Å². The Balaban J connectivity index is 1.73. The van der Waals surface area contributed by atoms with Crippen LogP contribution < -0.4 is 11.1 Å². The molecule has 0 spiro atoms. The highest BCUT2D eigenvalue weighted by molar-refractivity contribution is 6.27. The maximum atomic E-state index is 14.2. The standard InChI is InChI=1S/C30H30ClN3O8/c1-34(2)23-18-10-14-8-17-16(13-6-4-3-5-7-13)9-15(12-33-19(35)11-31)24(36)21(17)25(37)20(14)27(39)30(18,42)28(40)22(26(23)38)29(32)41/h3-7,9,14,18,23,36,38-39,42H,8,10-12H2,1-2H3,(H2,32,41)(H,33,35)/t14-,18+,23-,30-/m0/s1. The van der Waals surface area contributed by atoms with Crippen LogP contribution in [0.1, 0.15) is 27.9 Å². The average Bonchev–Trinajstić information content (AvgIpc) is 2.94. The number of fused-ring (bicyclic) bond motifs is 3. The smallest absolute Gasteiger partial charge is 0.255 e. The number of benzene rings is 2. The Hall–Kier alpha value is -4.19. The number of aliphatic hydroxyl groups is 3. The van der Waals surface area contributed by atoms with Gasteiger partial charge in [-0.3, -0.25) is 24.1 Å². The van der Waals surface area contributed by atoms with Gasteiger partial charge >= 0.3 is 0 Å². The van der Waals surface area contributed by atoms with Gasteiger partial charge in [0, 0.05) is 23.6 Å². The number of phenolic OH excluding ortho intramolecular Hbond substituents is 1. The van der Waals surface area contributed by atoms with E-state index in [2.05, 4.69) is 5.32 Å². The van der Waals surface area contributed by atoms with E-state index in [1.807, 2.05) is 30.3 Å². The molecule has 0 unspecified atom stereocenters. The van der Waals surface area contributed by atoms with Crippen LogP contribution in [-0.4, -0.2) is 80.3 Å². The van der Waals surface area contributed by atoms with Gasteiger partial charge < -0.3 is 31.5 Å². The number of carbonyl (C=O) groups is 4. The Morgan fingerprint density at radius 3 is 2.40 bits per heavy atom. The lowest BCUT2D eigenvalue weighted by Crippen LogP contribution is -2.63. The number of primary amides is 1. The number of hydrogen-bond donors (Lipinski definition) is 6. The van der Waals surface area contributed by atoms with Crippen LogP contribution in [0.3, 0.4) is 0 Å². The predicted molar refractivity (Wildman–Crippen MR) is 152 cm³/mol. The van der Waals surface area contributed by atoms with Crippen molar-refractivity contribution in [3.63, 3.8) is 0 Å². The minimum Gasteiger partial charge on any atom is -0.510 e. The zero-order valence-electron chi connectivity index (χ0n) is 22.8. The number of allylic oxidation sites excluding steroid dienone is 1. The highest BCUT2D eigenvalue weighted by atomic mass is 35.5. The molecule has 5 rings (SSSR count). The zero-order chi connectivity index (χ0) is 30.7. The number of Topliss-reactive ketones (excluding diaryl/α,β-unsaturated/α-hetero) is 2. The van der Waals surface area contributed by atoms with Crippen molar-refractivity contribution in [2.75, 3.05) is 20.0 Å². The molecule has 0 saturated carbocycles. The summed E-state index contributed by atoms with van der Waals surface area (Å²) in [5.74, 6) is -8.01. The minimum absolute atomic E-state index is 0.0196. The van der Waals surface area contributed by atoms with E-state index in [4.69, 9.17) is 17.3 Å². The summed E-state index contributed by atoms with van der Waals surface area (Å²) in [5.41, 5.74) is 3.47. The summed E-state index contributed by atoms with van der Waals surface area (Å²) < 4.78 is 0. The molecule has 220 valence electrons. The summed E-state index contributed by atoms with van der Waals surface area (Å²) in [5, 5.41) is 48.1. The van der Waals surface area contributed by atoms with Crippen molar-refractivity contribution in [3.05, 3.63) is 75.8 Å². The minimum atomic E-state index is -2.73. The number of rotatable bonds is 6. The molecule has 3 aliphatic rings. The van der Waals surface area contributed by atoms with E-state index < -0.39 is 69.7 Å². The fraction of sp³-hybridized carbons (Fsp3) is 0.333. The number of alkyl halides is 1. The molecule has 42 heavy (non-hydrogen) atoms. The topological polar surface area (TPSA) is 190 Å². The summed E-state index contributed by atoms with van der Waals surface area (Å²) in [6, 6.07) is 9.71. The van der Waals surface area contributed by atoms with E-state index in [9.17, 15) is 39.6 Å². The number of nitrogens with two attached hydrogens (primary N) is 1. The number of ketones is 2. The van der Waals surface area contributed by atoms with Crippen LogP contribution >= 0.6 is 11.6 Å². The Morgan fingerprint density at radius 1 is 1.14 bits per heavy atom. The number of amides is 2. The van der Waals surface area contributed by atoms with Crippen LogP contribution in [0.2, 0.25) is 0 Å². The monoisotopic (exact) mass is 595 g/mol. The molecule has 0 saturated heterocycles. The Bertz CT molecular complexity index is 1600. The molecule has 0 heterocycles. The van der Waals surface area contributed by atoms with Crippen LogP contribution in [0.4, 0.5) is 0 Å². The first-order chi connectivity index (χ1) is 19.8. The number of hydrogen-bond acceptors (Lipinski definition) is 9. The molecule has 0 aliphatic heterocycles. The molecule has 2 amide bonds. The molecular weight excluding hydrogens is 566 g/mol. The van der Waals surface area contributed by atoms with Crippen molar-refractivity contribution in [1.29, 1.82) is 0 Å². The quantitative estimate of drug-likeness (QED) is 0.213. The normalized spacial score (nSPS) is 25.2. The Kier molecular flexibility index (Phi) is 7.38. The van der Waals surface area contributed by atoms with Crippen LogP contribution in [-0.2, 0) is 27.3 Å².